The maximum Gasteiger partial charge on any atom is 0.227 e. The predicted molar refractivity (Wildman–Crippen MR) is 85.1 cm³/mol. The molecule has 1 saturated heterocycles. The number of ether oxygens (including phenoxy) is 1. The highest BCUT2D eigenvalue weighted by atomic mass is 35.5. The van der Waals surface area contributed by atoms with E-state index in [1.165, 1.54) is 11.3 Å². The molecule has 7 heteroatoms. The van der Waals surface area contributed by atoms with Gasteiger partial charge in [0.25, 0.3) is 0 Å². The molecule has 1 amide bonds. The number of halogens is 1. The Balaban J connectivity index is 1.55. The molecule has 1 aromatic carbocycles. The Morgan fingerprint density at radius 2 is 2.24 bits per heavy atom. The summed E-state index contributed by atoms with van der Waals surface area (Å²) < 4.78 is 6.26. The summed E-state index contributed by atoms with van der Waals surface area (Å²) in [5, 5.41) is 4.16. The van der Waals surface area contributed by atoms with Gasteiger partial charge in [-0.3, -0.25) is 9.69 Å². The number of hydrogen-bond donors (Lipinski definition) is 1. The summed E-state index contributed by atoms with van der Waals surface area (Å²) >= 11 is 7.39. The molecular formula is C14H16ClN3O2S. The lowest BCUT2D eigenvalue weighted by molar-refractivity contribution is -0.116. The number of aromatic nitrogens is 1. The molecule has 1 fully saturated rings. The van der Waals surface area contributed by atoms with Gasteiger partial charge in [0.2, 0.25) is 5.91 Å². The van der Waals surface area contributed by atoms with Crippen LogP contribution in [0.4, 0.5) is 5.13 Å². The first kappa shape index (κ1) is 14.7. The van der Waals surface area contributed by atoms with E-state index in [0.29, 0.717) is 16.6 Å². The third-order valence-electron chi connectivity index (χ3n) is 3.36. The van der Waals surface area contributed by atoms with E-state index in [-0.39, 0.29) is 5.91 Å². The summed E-state index contributed by atoms with van der Waals surface area (Å²) in [5.74, 6) is -0.00774. The Morgan fingerprint density at radius 1 is 1.43 bits per heavy atom. The van der Waals surface area contributed by atoms with Crippen molar-refractivity contribution in [1.82, 2.24) is 9.88 Å². The Bertz CT molecular complexity index is 640. The van der Waals surface area contributed by atoms with Gasteiger partial charge in [0.1, 0.15) is 0 Å². The van der Waals surface area contributed by atoms with E-state index < -0.39 is 0 Å². The molecule has 0 bridgehead atoms. The maximum atomic E-state index is 12.0. The van der Waals surface area contributed by atoms with Crippen molar-refractivity contribution in [1.29, 1.82) is 0 Å². The lowest BCUT2D eigenvalue weighted by Crippen LogP contribution is -2.38. The molecule has 1 aromatic heterocycles. The highest BCUT2D eigenvalue weighted by molar-refractivity contribution is 7.22. The minimum atomic E-state index is -0.00774. The van der Waals surface area contributed by atoms with Gasteiger partial charge in [0, 0.05) is 31.1 Å². The second-order valence-corrected chi connectivity index (χ2v) is 6.35. The third-order valence-corrected chi connectivity index (χ3v) is 4.52. The average Bonchev–Trinajstić information content (AvgIpc) is 2.87. The number of rotatable bonds is 4. The normalized spacial score (nSPS) is 16.2. The Hall–Kier alpha value is -1.21. The average molecular weight is 326 g/mol. The highest BCUT2D eigenvalue weighted by Crippen LogP contribution is 2.28. The maximum absolute atomic E-state index is 12.0. The van der Waals surface area contributed by atoms with Crippen LogP contribution in [0, 0.1) is 0 Å². The Kier molecular flexibility index (Phi) is 4.70. The van der Waals surface area contributed by atoms with Gasteiger partial charge in [-0.05, 0) is 18.2 Å². The third kappa shape index (κ3) is 3.91. The van der Waals surface area contributed by atoms with E-state index in [2.05, 4.69) is 15.2 Å². The molecule has 2 aromatic rings. The molecule has 21 heavy (non-hydrogen) atoms. The van der Waals surface area contributed by atoms with E-state index in [9.17, 15) is 4.79 Å². The smallest absolute Gasteiger partial charge is 0.227 e. The van der Waals surface area contributed by atoms with Crippen LogP contribution < -0.4 is 5.32 Å². The van der Waals surface area contributed by atoms with Crippen molar-refractivity contribution in [3.05, 3.63) is 23.2 Å². The van der Waals surface area contributed by atoms with Crippen molar-refractivity contribution in [3.63, 3.8) is 0 Å². The molecule has 1 aliphatic heterocycles. The number of carbonyl (C=O) groups excluding carboxylic acids is 1. The quantitative estimate of drug-likeness (QED) is 0.939. The lowest BCUT2D eigenvalue weighted by Gasteiger charge is -2.26. The molecule has 0 aliphatic carbocycles. The first-order valence-electron chi connectivity index (χ1n) is 6.87. The molecule has 0 saturated carbocycles. The highest BCUT2D eigenvalue weighted by Gasteiger charge is 2.13. The van der Waals surface area contributed by atoms with Crippen LogP contribution in [0.1, 0.15) is 6.42 Å². The lowest BCUT2D eigenvalue weighted by atomic mass is 10.3. The molecule has 0 spiro atoms. The van der Waals surface area contributed by atoms with Crippen molar-refractivity contribution in [2.24, 2.45) is 0 Å². The summed E-state index contributed by atoms with van der Waals surface area (Å²) in [6.45, 7) is 4.05. The summed E-state index contributed by atoms with van der Waals surface area (Å²) in [6, 6.07) is 5.52. The van der Waals surface area contributed by atoms with E-state index in [1.807, 2.05) is 12.1 Å². The molecular weight excluding hydrogens is 310 g/mol. The summed E-state index contributed by atoms with van der Waals surface area (Å²) in [6.07, 6.45) is 0.469. The van der Waals surface area contributed by atoms with Gasteiger partial charge < -0.3 is 10.1 Å². The van der Waals surface area contributed by atoms with E-state index in [1.54, 1.807) is 6.07 Å². The van der Waals surface area contributed by atoms with Crippen LogP contribution in [0.2, 0.25) is 5.02 Å². The minimum Gasteiger partial charge on any atom is -0.379 e. The van der Waals surface area contributed by atoms with E-state index in [4.69, 9.17) is 16.3 Å². The zero-order chi connectivity index (χ0) is 14.7. The van der Waals surface area contributed by atoms with Crippen LogP contribution in [0.5, 0.6) is 0 Å². The number of amides is 1. The van der Waals surface area contributed by atoms with Crippen LogP contribution in [-0.4, -0.2) is 48.6 Å². The van der Waals surface area contributed by atoms with Crippen LogP contribution in [0.15, 0.2) is 18.2 Å². The molecule has 0 radical (unpaired) electrons. The Labute approximate surface area is 131 Å². The zero-order valence-electron chi connectivity index (χ0n) is 11.5. The molecule has 1 N–H and O–H groups in total. The fraction of sp³-hybridized carbons (Fsp3) is 0.429. The second kappa shape index (κ2) is 6.70. The fourth-order valence-electron chi connectivity index (χ4n) is 2.22. The predicted octanol–water partition coefficient (Wildman–Crippen LogP) is 2.61. The SMILES string of the molecule is O=C(CCN1CCOCC1)Nc1nc2ccc(Cl)cc2s1. The van der Waals surface area contributed by atoms with Gasteiger partial charge in [-0.15, -0.1) is 0 Å². The Morgan fingerprint density at radius 3 is 3.05 bits per heavy atom. The summed E-state index contributed by atoms with van der Waals surface area (Å²) in [7, 11) is 0. The van der Waals surface area contributed by atoms with Crippen molar-refractivity contribution in [3.8, 4) is 0 Å². The molecule has 0 atom stereocenters. The van der Waals surface area contributed by atoms with Crippen molar-refractivity contribution < 1.29 is 9.53 Å². The monoisotopic (exact) mass is 325 g/mol. The summed E-state index contributed by atoms with van der Waals surface area (Å²) in [5.41, 5.74) is 0.855. The number of morpholine rings is 1. The van der Waals surface area contributed by atoms with Gasteiger partial charge >= 0.3 is 0 Å². The number of benzene rings is 1. The zero-order valence-corrected chi connectivity index (χ0v) is 13.0. The van der Waals surface area contributed by atoms with Gasteiger partial charge in [-0.2, -0.15) is 0 Å². The number of nitrogens with one attached hydrogen (secondary N) is 1. The molecule has 2 heterocycles. The van der Waals surface area contributed by atoms with Gasteiger partial charge in [0.05, 0.1) is 23.4 Å². The number of fused-ring (bicyclic) bond motifs is 1. The van der Waals surface area contributed by atoms with Crippen molar-refractivity contribution >= 4 is 44.2 Å². The van der Waals surface area contributed by atoms with Crippen molar-refractivity contribution in [2.75, 3.05) is 38.2 Å². The topological polar surface area (TPSA) is 54.5 Å². The van der Waals surface area contributed by atoms with Gasteiger partial charge in [-0.1, -0.05) is 22.9 Å². The van der Waals surface area contributed by atoms with E-state index in [0.717, 1.165) is 43.1 Å². The first-order chi connectivity index (χ1) is 10.2. The number of thiazole rings is 1. The standard InChI is InChI=1S/C14H16ClN3O2S/c15-10-1-2-11-12(9-10)21-14(16-11)17-13(19)3-4-18-5-7-20-8-6-18/h1-2,9H,3-8H2,(H,16,17,19). The molecule has 3 rings (SSSR count). The second-order valence-electron chi connectivity index (χ2n) is 4.88. The molecule has 112 valence electrons. The molecule has 1 aliphatic rings. The first-order valence-corrected chi connectivity index (χ1v) is 8.06. The summed E-state index contributed by atoms with van der Waals surface area (Å²) in [4.78, 5) is 18.6. The van der Waals surface area contributed by atoms with Crippen molar-refractivity contribution in [2.45, 2.75) is 6.42 Å². The fourth-order valence-corrected chi connectivity index (χ4v) is 3.38. The van der Waals surface area contributed by atoms with Crippen LogP contribution in [-0.2, 0) is 9.53 Å². The van der Waals surface area contributed by atoms with Gasteiger partial charge in [0.15, 0.2) is 5.13 Å². The van der Waals surface area contributed by atoms with E-state index >= 15 is 0 Å². The van der Waals surface area contributed by atoms with Crippen LogP contribution in [0.3, 0.4) is 0 Å². The van der Waals surface area contributed by atoms with Crippen LogP contribution in [0.25, 0.3) is 10.2 Å². The number of anilines is 1. The van der Waals surface area contributed by atoms with Gasteiger partial charge in [-0.25, -0.2) is 4.98 Å². The number of hydrogen-bond acceptors (Lipinski definition) is 5. The molecule has 0 unspecified atom stereocenters. The number of carbonyl (C=O) groups is 1. The molecule has 5 nitrogen and oxygen atoms in total. The minimum absolute atomic E-state index is 0.00774. The largest absolute Gasteiger partial charge is 0.379 e. The number of nitrogens with zero attached hydrogens (tertiary/aromatic N) is 2. The van der Waals surface area contributed by atoms with Crippen LogP contribution >= 0.6 is 22.9 Å².